The van der Waals surface area contributed by atoms with Crippen molar-refractivity contribution in [1.82, 2.24) is 0 Å². The molecule has 0 bridgehead atoms. The average molecular weight is 196 g/mol. The minimum atomic E-state index is -1.92. The fourth-order valence-corrected chi connectivity index (χ4v) is 1.16. The number of aliphatic hydroxyl groups is 1. The standard InChI is InChI=1S/C10H12O4/c1-10(13,9(11)12)7-5-3-4-6-8(7)14-2/h3-6,13H,1-2H3,(H,11,12)/t10-/m1/s1. The maximum Gasteiger partial charge on any atom is 0.340 e. The van der Waals surface area contributed by atoms with E-state index in [9.17, 15) is 9.90 Å². The number of benzene rings is 1. The quantitative estimate of drug-likeness (QED) is 0.756. The second kappa shape index (κ2) is 3.67. The molecule has 1 atom stereocenters. The summed E-state index contributed by atoms with van der Waals surface area (Å²) in [5.41, 5.74) is -1.68. The van der Waals surface area contributed by atoms with E-state index in [0.717, 1.165) is 0 Å². The van der Waals surface area contributed by atoms with Crippen LogP contribution in [0, 0.1) is 0 Å². The Hall–Kier alpha value is -1.55. The summed E-state index contributed by atoms with van der Waals surface area (Å²) < 4.78 is 4.96. The number of carboxylic acids is 1. The zero-order valence-electron chi connectivity index (χ0n) is 8.02. The Morgan fingerprint density at radius 3 is 2.50 bits per heavy atom. The second-order valence-corrected chi connectivity index (χ2v) is 3.08. The van der Waals surface area contributed by atoms with Crippen LogP contribution in [-0.2, 0) is 10.4 Å². The monoisotopic (exact) mass is 196 g/mol. The molecule has 0 saturated heterocycles. The molecule has 4 heteroatoms. The van der Waals surface area contributed by atoms with Crippen LogP contribution < -0.4 is 4.74 Å². The Kier molecular flexibility index (Phi) is 2.76. The van der Waals surface area contributed by atoms with Gasteiger partial charge in [-0.25, -0.2) is 4.79 Å². The number of hydrogen-bond donors (Lipinski definition) is 2. The van der Waals surface area contributed by atoms with Crippen LogP contribution in [0.2, 0.25) is 0 Å². The van der Waals surface area contributed by atoms with Crippen molar-refractivity contribution in [1.29, 1.82) is 0 Å². The molecule has 0 heterocycles. The fraction of sp³-hybridized carbons (Fsp3) is 0.300. The maximum absolute atomic E-state index is 10.8. The Labute approximate surface area is 81.8 Å². The molecule has 1 aromatic rings. The Balaban J connectivity index is 3.24. The molecule has 76 valence electrons. The highest BCUT2D eigenvalue weighted by atomic mass is 16.5. The number of aliphatic carboxylic acids is 1. The van der Waals surface area contributed by atoms with Crippen LogP contribution >= 0.6 is 0 Å². The Bertz CT molecular complexity index is 344. The minimum absolute atomic E-state index is 0.245. The molecule has 0 fully saturated rings. The van der Waals surface area contributed by atoms with Crippen molar-refractivity contribution in [2.45, 2.75) is 12.5 Å². The van der Waals surface area contributed by atoms with Gasteiger partial charge in [-0.1, -0.05) is 18.2 Å². The number of carboxylic acid groups (broad SMARTS) is 1. The highest BCUT2D eigenvalue weighted by Gasteiger charge is 2.34. The maximum atomic E-state index is 10.8. The number of carbonyl (C=O) groups is 1. The first-order valence-electron chi connectivity index (χ1n) is 4.09. The molecule has 14 heavy (non-hydrogen) atoms. The predicted molar refractivity (Wildman–Crippen MR) is 50.2 cm³/mol. The number of rotatable bonds is 3. The molecule has 0 amide bonds. The minimum Gasteiger partial charge on any atom is -0.496 e. The molecule has 0 saturated carbocycles. The molecule has 0 spiro atoms. The van der Waals surface area contributed by atoms with Crippen LogP contribution in [0.25, 0.3) is 0 Å². The lowest BCUT2D eigenvalue weighted by molar-refractivity contribution is -0.157. The summed E-state index contributed by atoms with van der Waals surface area (Å²) in [6.45, 7) is 1.22. The van der Waals surface area contributed by atoms with Gasteiger partial charge in [-0.15, -0.1) is 0 Å². The van der Waals surface area contributed by atoms with Crippen LogP contribution in [-0.4, -0.2) is 23.3 Å². The number of para-hydroxylation sites is 1. The van der Waals surface area contributed by atoms with Gasteiger partial charge in [0.15, 0.2) is 5.60 Å². The van der Waals surface area contributed by atoms with Gasteiger partial charge in [0, 0.05) is 5.56 Å². The number of methoxy groups -OCH3 is 1. The van der Waals surface area contributed by atoms with Gasteiger partial charge in [-0.3, -0.25) is 0 Å². The molecule has 2 N–H and O–H groups in total. The lowest BCUT2D eigenvalue weighted by atomic mass is 9.95. The first kappa shape index (κ1) is 10.5. The summed E-state index contributed by atoms with van der Waals surface area (Å²) in [5.74, 6) is -0.943. The number of ether oxygens (including phenoxy) is 1. The molecule has 1 rings (SSSR count). The lowest BCUT2D eigenvalue weighted by Gasteiger charge is -2.20. The largest absolute Gasteiger partial charge is 0.496 e. The van der Waals surface area contributed by atoms with E-state index < -0.39 is 11.6 Å². The molecule has 0 aliphatic heterocycles. The molecule has 4 nitrogen and oxygen atoms in total. The Morgan fingerprint density at radius 1 is 1.43 bits per heavy atom. The van der Waals surface area contributed by atoms with E-state index in [4.69, 9.17) is 9.84 Å². The third kappa shape index (κ3) is 1.70. The highest BCUT2D eigenvalue weighted by Crippen LogP contribution is 2.29. The normalized spacial score (nSPS) is 14.5. The first-order valence-corrected chi connectivity index (χ1v) is 4.09. The smallest absolute Gasteiger partial charge is 0.340 e. The summed E-state index contributed by atoms with van der Waals surface area (Å²) in [6.07, 6.45) is 0. The molecule has 0 radical (unpaired) electrons. The third-order valence-corrected chi connectivity index (χ3v) is 2.05. The van der Waals surface area contributed by atoms with Crippen LogP contribution in [0.5, 0.6) is 5.75 Å². The third-order valence-electron chi connectivity index (χ3n) is 2.05. The lowest BCUT2D eigenvalue weighted by Crippen LogP contribution is -2.32. The molecule has 0 aliphatic rings. The van der Waals surface area contributed by atoms with E-state index in [0.29, 0.717) is 5.75 Å². The first-order chi connectivity index (χ1) is 6.50. The molecule has 0 aromatic heterocycles. The summed E-state index contributed by atoms with van der Waals surface area (Å²) in [7, 11) is 1.43. The van der Waals surface area contributed by atoms with Gasteiger partial charge in [0.1, 0.15) is 5.75 Å². The highest BCUT2D eigenvalue weighted by molar-refractivity contribution is 5.79. The zero-order chi connectivity index (χ0) is 10.8. The van der Waals surface area contributed by atoms with Gasteiger partial charge in [0.2, 0.25) is 0 Å². The average Bonchev–Trinajstić information content (AvgIpc) is 2.17. The van der Waals surface area contributed by atoms with Crippen molar-refractivity contribution >= 4 is 5.97 Å². The topological polar surface area (TPSA) is 66.8 Å². The Morgan fingerprint density at radius 2 is 2.00 bits per heavy atom. The summed E-state index contributed by atoms with van der Waals surface area (Å²) in [4.78, 5) is 10.8. The van der Waals surface area contributed by atoms with E-state index >= 15 is 0 Å². The van der Waals surface area contributed by atoms with Gasteiger partial charge in [0.05, 0.1) is 7.11 Å². The van der Waals surface area contributed by atoms with Crippen molar-refractivity contribution in [3.05, 3.63) is 29.8 Å². The molecular weight excluding hydrogens is 184 g/mol. The summed E-state index contributed by atoms with van der Waals surface area (Å²) in [6, 6.07) is 6.48. The van der Waals surface area contributed by atoms with Gasteiger partial charge in [-0.05, 0) is 13.0 Å². The van der Waals surface area contributed by atoms with E-state index in [1.54, 1.807) is 18.2 Å². The predicted octanol–water partition coefficient (Wildman–Crippen LogP) is 0.987. The van der Waals surface area contributed by atoms with E-state index in [2.05, 4.69) is 0 Å². The van der Waals surface area contributed by atoms with Crippen LogP contribution in [0.1, 0.15) is 12.5 Å². The van der Waals surface area contributed by atoms with Crippen LogP contribution in [0.4, 0.5) is 0 Å². The number of hydrogen-bond acceptors (Lipinski definition) is 3. The van der Waals surface area contributed by atoms with Crippen molar-refractivity contribution in [3.8, 4) is 5.75 Å². The molecular formula is C10H12O4. The van der Waals surface area contributed by atoms with Gasteiger partial charge in [-0.2, -0.15) is 0 Å². The molecule has 0 aliphatic carbocycles. The summed E-state index contributed by atoms with van der Waals surface area (Å²) >= 11 is 0. The van der Waals surface area contributed by atoms with Crippen molar-refractivity contribution in [2.24, 2.45) is 0 Å². The molecule has 1 aromatic carbocycles. The van der Waals surface area contributed by atoms with Gasteiger partial charge < -0.3 is 14.9 Å². The van der Waals surface area contributed by atoms with Gasteiger partial charge in [0.25, 0.3) is 0 Å². The van der Waals surface area contributed by atoms with Crippen molar-refractivity contribution in [3.63, 3.8) is 0 Å². The van der Waals surface area contributed by atoms with E-state index in [1.165, 1.54) is 20.1 Å². The van der Waals surface area contributed by atoms with E-state index in [-0.39, 0.29) is 5.56 Å². The SMILES string of the molecule is COc1ccccc1[C@@](C)(O)C(=O)O. The fourth-order valence-electron chi connectivity index (χ4n) is 1.16. The van der Waals surface area contributed by atoms with Crippen molar-refractivity contribution in [2.75, 3.05) is 7.11 Å². The zero-order valence-corrected chi connectivity index (χ0v) is 8.02. The second-order valence-electron chi connectivity index (χ2n) is 3.08. The van der Waals surface area contributed by atoms with E-state index in [1.807, 2.05) is 0 Å². The molecule has 0 unspecified atom stereocenters. The van der Waals surface area contributed by atoms with Crippen LogP contribution in [0.15, 0.2) is 24.3 Å². The summed E-state index contributed by atoms with van der Waals surface area (Å²) in [5, 5.41) is 18.5. The van der Waals surface area contributed by atoms with Crippen molar-refractivity contribution < 1.29 is 19.7 Å². The van der Waals surface area contributed by atoms with Gasteiger partial charge >= 0.3 is 5.97 Å². The van der Waals surface area contributed by atoms with Crippen LogP contribution in [0.3, 0.4) is 0 Å².